The number of nitrogens with one attached hydrogen (secondary N) is 1. The quantitative estimate of drug-likeness (QED) is 0.820. The van der Waals surface area contributed by atoms with Gasteiger partial charge in [0.15, 0.2) is 0 Å². The molecule has 0 atom stereocenters. The van der Waals surface area contributed by atoms with Crippen LogP contribution in [0.2, 0.25) is 0 Å². The normalized spacial score (nSPS) is 17.1. The molecule has 0 spiro atoms. The minimum atomic E-state index is -0.951. The van der Waals surface area contributed by atoms with Gasteiger partial charge < -0.3 is 10.1 Å². The van der Waals surface area contributed by atoms with Crippen LogP contribution in [0.1, 0.15) is 44.7 Å². The summed E-state index contributed by atoms with van der Waals surface area (Å²) in [4.78, 5) is 14.8. The highest BCUT2D eigenvalue weighted by atomic mass is 19.1. The number of piperidine rings is 1. The smallest absolute Gasteiger partial charge is 0.408 e. The second-order valence-electron chi connectivity index (χ2n) is 8.50. The predicted molar refractivity (Wildman–Crippen MR) is 108 cm³/mol. The van der Waals surface area contributed by atoms with E-state index in [0.717, 1.165) is 19.6 Å². The van der Waals surface area contributed by atoms with E-state index in [1.165, 1.54) is 11.6 Å². The number of hydrogen-bond donors (Lipinski definition) is 1. The summed E-state index contributed by atoms with van der Waals surface area (Å²) in [6, 6.07) is 16.9. The Kier molecular flexibility index (Phi) is 6.04. The van der Waals surface area contributed by atoms with Crippen molar-refractivity contribution in [1.82, 2.24) is 10.2 Å². The zero-order valence-corrected chi connectivity index (χ0v) is 16.9. The van der Waals surface area contributed by atoms with Gasteiger partial charge in [0.05, 0.1) is 0 Å². The lowest BCUT2D eigenvalue weighted by atomic mass is 9.83. The lowest BCUT2D eigenvalue weighted by Gasteiger charge is -2.42. The summed E-state index contributed by atoms with van der Waals surface area (Å²) in [7, 11) is 0. The van der Waals surface area contributed by atoms with Gasteiger partial charge >= 0.3 is 6.09 Å². The Morgan fingerprint density at radius 1 is 1.07 bits per heavy atom. The topological polar surface area (TPSA) is 41.6 Å². The average Bonchev–Trinajstić information content (AvgIpc) is 2.63. The number of likely N-dealkylation sites (tertiary alicyclic amines) is 1. The monoisotopic (exact) mass is 384 g/mol. The molecule has 3 rings (SSSR count). The summed E-state index contributed by atoms with van der Waals surface area (Å²) < 4.78 is 20.5. The Labute approximate surface area is 166 Å². The van der Waals surface area contributed by atoms with Crippen molar-refractivity contribution >= 4 is 6.09 Å². The lowest BCUT2D eigenvalue weighted by molar-refractivity contribution is -0.0458. The highest BCUT2D eigenvalue weighted by molar-refractivity contribution is 5.69. The van der Waals surface area contributed by atoms with Crippen molar-refractivity contribution in [2.24, 2.45) is 0 Å². The first-order valence-corrected chi connectivity index (χ1v) is 9.80. The number of halogens is 1. The van der Waals surface area contributed by atoms with Gasteiger partial charge in [0.1, 0.15) is 11.4 Å². The van der Waals surface area contributed by atoms with E-state index >= 15 is 0 Å². The molecule has 5 heteroatoms. The molecule has 150 valence electrons. The summed E-state index contributed by atoms with van der Waals surface area (Å²) in [6.07, 6.45) is 0.601. The van der Waals surface area contributed by atoms with E-state index in [-0.39, 0.29) is 5.82 Å². The molecule has 0 saturated carbocycles. The number of alkyl carbamates (subject to hydrolysis) is 1. The molecular weight excluding hydrogens is 355 g/mol. The number of benzene rings is 2. The van der Waals surface area contributed by atoms with E-state index in [2.05, 4.69) is 22.3 Å². The number of rotatable bonds is 4. The summed E-state index contributed by atoms with van der Waals surface area (Å²) >= 11 is 0. The number of nitrogens with zero attached hydrogens (tertiary/aromatic N) is 1. The molecule has 1 fully saturated rings. The fourth-order valence-corrected chi connectivity index (χ4v) is 3.68. The van der Waals surface area contributed by atoms with Crippen molar-refractivity contribution in [3.63, 3.8) is 0 Å². The summed E-state index contributed by atoms with van der Waals surface area (Å²) in [5.41, 5.74) is 0.334. The number of ether oxygens (including phenoxy) is 1. The van der Waals surface area contributed by atoms with Gasteiger partial charge in [0, 0.05) is 43.6 Å². The SMILES string of the molecule is CC(C)(C)NC(=O)OC1(c2ccccc2F)CCN(Cc2ccccc2)CC1. The molecule has 1 aliphatic heterocycles. The molecule has 0 radical (unpaired) electrons. The van der Waals surface area contributed by atoms with Crippen molar-refractivity contribution in [2.75, 3.05) is 13.1 Å². The van der Waals surface area contributed by atoms with E-state index in [1.54, 1.807) is 18.2 Å². The fraction of sp³-hybridized carbons (Fsp3) is 0.435. The predicted octanol–water partition coefficient (Wildman–Crippen LogP) is 4.84. The van der Waals surface area contributed by atoms with Crippen LogP contribution >= 0.6 is 0 Å². The zero-order chi connectivity index (χ0) is 20.2. The molecule has 0 aliphatic carbocycles. The molecule has 0 aromatic heterocycles. The van der Waals surface area contributed by atoms with Crippen molar-refractivity contribution in [1.29, 1.82) is 0 Å². The van der Waals surface area contributed by atoms with E-state index in [0.29, 0.717) is 18.4 Å². The number of amides is 1. The van der Waals surface area contributed by atoms with Gasteiger partial charge in [-0.1, -0.05) is 48.5 Å². The van der Waals surface area contributed by atoms with E-state index < -0.39 is 17.2 Å². The first-order chi connectivity index (χ1) is 13.3. The maximum Gasteiger partial charge on any atom is 0.408 e. The molecule has 1 N–H and O–H groups in total. The highest BCUT2D eigenvalue weighted by Gasteiger charge is 2.42. The van der Waals surface area contributed by atoms with Crippen LogP contribution in [0.4, 0.5) is 9.18 Å². The first kappa shape index (κ1) is 20.3. The Morgan fingerprint density at radius 3 is 2.29 bits per heavy atom. The second-order valence-corrected chi connectivity index (χ2v) is 8.50. The summed E-state index contributed by atoms with van der Waals surface area (Å²) in [5, 5.41) is 2.83. The summed E-state index contributed by atoms with van der Waals surface area (Å²) in [5.74, 6) is -0.331. The van der Waals surface area contributed by atoms with Gasteiger partial charge in [-0.2, -0.15) is 0 Å². The lowest BCUT2D eigenvalue weighted by Crippen LogP contribution is -2.49. The second kappa shape index (κ2) is 8.31. The van der Waals surface area contributed by atoms with Gasteiger partial charge in [-0.25, -0.2) is 9.18 Å². The molecule has 28 heavy (non-hydrogen) atoms. The van der Waals surface area contributed by atoms with Gasteiger partial charge in [-0.15, -0.1) is 0 Å². The molecule has 1 aliphatic rings. The van der Waals surface area contributed by atoms with Crippen LogP contribution in [0.5, 0.6) is 0 Å². The number of carbonyl (C=O) groups excluding carboxylic acids is 1. The van der Waals surface area contributed by atoms with E-state index in [1.807, 2.05) is 39.0 Å². The Balaban J connectivity index is 1.77. The van der Waals surface area contributed by atoms with Gasteiger partial charge in [-0.3, -0.25) is 4.90 Å². The van der Waals surface area contributed by atoms with Gasteiger partial charge in [0.2, 0.25) is 0 Å². The molecule has 0 unspecified atom stereocenters. The van der Waals surface area contributed by atoms with E-state index in [9.17, 15) is 9.18 Å². The third-order valence-corrected chi connectivity index (χ3v) is 5.04. The molecule has 0 bridgehead atoms. The molecule has 1 saturated heterocycles. The van der Waals surface area contributed by atoms with Gasteiger partial charge in [0.25, 0.3) is 0 Å². The van der Waals surface area contributed by atoms with Crippen LogP contribution in [0, 0.1) is 5.82 Å². The van der Waals surface area contributed by atoms with Gasteiger partial charge in [-0.05, 0) is 32.4 Å². The minimum Gasteiger partial charge on any atom is -0.438 e. The number of carbonyl (C=O) groups is 1. The molecule has 1 heterocycles. The molecule has 1 amide bonds. The molecule has 4 nitrogen and oxygen atoms in total. The number of hydrogen-bond acceptors (Lipinski definition) is 3. The third-order valence-electron chi connectivity index (χ3n) is 5.04. The fourth-order valence-electron chi connectivity index (χ4n) is 3.68. The van der Waals surface area contributed by atoms with Crippen LogP contribution in [0.3, 0.4) is 0 Å². The maximum atomic E-state index is 14.6. The average molecular weight is 384 g/mol. The zero-order valence-electron chi connectivity index (χ0n) is 16.9. The maximum absolute atomic E-state index is 14.6. The van der Waals surface area contributed by atoms with Crippen molar-refractivity contribution in [3.8, 4) is 0 Å². The Morgan fingerprint density at radius 2 is 1.68 bits per heavy atom. The molecule has 2 aromatic rings. The van der Waals surface area contributed by atoms with Crippen molar-refractivity contribution in [3.05, 3.63) is 71.5 Å². The minimum absolute atomic E-state index is 0.331. The first-order valence-electron chi connectivity index (χ1n) is 9.80. The summed E-state index contributed by atoms with van der Waals surface area (Å²) in [6.45, 7) is 7.98. The van der Waals surface area contributed by atoms with Crippen LogP contribution in [0.15, 0.2) is 54.6 Å². The standard InChI is InChI=1S/C23H29FN2O2/c1-22(2,3)25-21(27)28-23(19-11-7-8-12-20(19)24)13-15-26(16-14-23)17-18-9-5-4-6-10-18/h4-12H,13-17H2,1-3H3,(H,25,27). The van der Waals surface area contributed by atoms with Crippen LogP contribution in [0.25, 0.3) is 0 Å². The van der Waals surface area contributed by atoms with Crippen LogP contribution in [-0.2, 0) is 16.9 Å². The van der Waals surface area contributed by atoms with Crippen LogP contribution in [-0.4, -0.2) is 29.6 Å². The Hall–Kier alpha value is -2.40. The van der Waals surface area contributed by atoms with Crippen molar-refractivity contribution in [2.45, 2.75) is 51.3 Å². The highest BCUT2D eigenvalue weighted by Crippen LogP contribution is 2.38. The van der Waals surface area contributed by atoms with E-state index in [4.69, 9.17) is 4.74 Å². The molecular formula is C23H29FN2O2. The Bertz CT molecular complexity index is 794. The van der Waals surface area contributed by atoms with Crippen LogP contribution < -0.4 is 5.32 Å². The van der Waals surface area contributed by atoms with Crippen molar-refractivity contribution < 1.29 is 13.9 Å². The third kappa shape index (κ3) is 5.10. The largest absolute Gasteiger partial charge is 0.438 e. The molecule has 2 aromatic carbocycles.